The number of aliphatic hydroxyl groups excluding tert-OH is 1. The van der Waals surface area contributed by atoms with Gasteiger partial charge in [-0.2, -0.15) is 0 Å². The Bertz CT molecular complexity index is 723. The van der Waals surface area contributed by atoms with Crippen molar-refractivity contribution in [2.75, 3.05) is 11.9 Å². The fourth-order valence-electron chi connectivity index (χ4n) is 1.90. The lowest BCUT2D eigenvalue weighted by atomic mass is 10.1. The van der Waals surface area contributed by atoms with Crippen molar-refractivity contribution in [1.29, 1.82) is 0 Å². The Kier molecular flexibility index (Phi) is 4.76. The highest BCUT2D eigenvalue weighted by Crippen LogP contribution is 2.14. The topological polar surface area (TPSA) is 49.3 Å². The van der Waals surface area contributed by atoms with Crippen molar-refractivity contribution >= 4 is 11.6 Å². The molecule has 0 fully saturated rings. The molecule has 0 atom stereocenters. The molecular formula is C18H17NO2. The Hall–Kier alpha value is -2.57. The first-order chi connectivity index (χ1) is 10.1. The average molecular weight is 279 g/mol. The lowest BCUT2D eigenvalue weighted by molar-refractivity contribution is 0.102. The smallest absolute Gasteiger partial charge is 0.255 e. The summed E-state index contributed by atoms with van der Waals surface area (Å²) in [5.74, 6) is 5.25. The van der Waals surface area contributed by atoms with Crippen molar-refractivity contribution < 1.29 is 9.90 Å². The van der Waals surface area contributed by atoms with Crippen molar-refractivity contribution in [3.05, 3.63) is 64.7 Å². The van der Waals surface area contributed by atoms with Crippen molar-refractivity contribution in [1.82, 2.24) is 0 Å². The van der Waals surface area contributed by atoms with Crippen molar-refractivity contribution in [3.8, 4) is 11.8 Å². The summed E-state index contributed by atoms with van der Waals surface area (Å²) < 4.78 is 0. The molecular weight excluding hydrogens is 262 g/mol. The van der Waals surface area contributed by atoms with E-state index >= 15 is 0 Å². The third-order valence-electron chi connectivity index (χ3n) is 3.20. The average Bonchev–Trinajstić information content (AvgIpc) is 2.48. The molecule has 0 heterocycles. The van der Waals surface area contributed by atoms with E-state index in [0.717, 1.165) is 16.7 Å². The van der Waals surface area contributed by atoms with Crippen LogP contribution in [0.2, 0.25) is 0 Å². The van der Waals surface area contributed by atoms with Gasteiger partial charge in [0, 0.05) is 16.8 Å². The Morgan fingerprint density at radius 2 is 1.95 bits per heavy atom. The van der Waals surface area contributed by atoms with Gasteiger partial charge in [-0.1, -0.05) is 24.0 Å². The van der Waals surface area contributed by atoms with Crippen LogP contribution in [0, 0.1) is 25.7 Å². The van der Waals surface area contributed by atoms with Gasteiger partial charge in [-0.15, -0.1) is 0 Å². The second-order valence-corrected chi connectivity index (χ2v) is 4.79. The van der Waals surface area contributed by atoms with Gasteiger partial charge in [0.25, 0.3) is 5.91 Å². The summed E-state index contributed by atoms with van der Waals surface area (Å²) >= 11 is 0. The maximum atomic E-state index is 12.2. The Morgan fingerprint density at radius 3 is 2.67 bits per heavy atom. The van der Waals surface area contributed by atoms with Gasteiger partial charge in [0.1, 0.15) is 6.61 Å². The number of hydrogen-bond donors (Lipinski definition) is 2. The highest BCUT2D eigenvalue weighted by molar-refractivity contribution is 6.04. The number of carbonyl (C=O) groups is 1. The molecule has 1 amide bonds. The maximum absolute atomic E-state index is 12.2. The van der Waals surface area contributed by atoms with E-state index in [1.54, 1.807) is 6.07 Å². The van der Waals surface area contributed by atoms with Crippen LogP contribution in [0.3, 0.4) is 0 Å². The lowest BCUT2D eigenvalue weighted by Gasteiger charge is -2.07. The number of anilines is 1. The molecule has 0 aromatic heterocycles. The largest absolute Gasteiger partial charge is 0.384 e. The Balaban J connectivity index is 2.17. The zero-order valence-corrected chi connectivity index (χ0v) is 12.1. The lowest BCUT2D eigenvalue weighted by Crippen LogP contribution is -2.12. The predicted molar refractivity (Wildman–Crippen MR) is 84.3 cm³/mol. The standard InChI is InChI=1S/C18H17NO2/c1-13-8-9-16(11-14(13)2)18(21)19-17-7-3-5-15(12-17)6-4-10-20/h3,5,7-9,11-12,20H,10H2,1-2H3,(H,19,21). The SMILES string of the molecule is Cc1ccc(C(=O)Nc2cccc(C#CCO)c2)cc1C. The number of hydrogen-bond acceptors (Lipinski definition) is 2. The van der Waals surface area contributed by atoms with Gasteiger partial charge in [-0.25, -0.2) is 0 Å². The van der Waals surface area contributed by atoms with Gasteiger partial charge in [0.05, 0.1) is 0 Å². The first kappa shape index (κ1) is 14.8. The van der Waals surface area contributed by atoms with E-state index < -0.39 is 0 Å². The van der Waals surface area contributed by atoms with Crippen LogP contribution in [0.1, 0.15) is 27.0 Å². The van der Waals surface area contributed by atoms with E-state index in [1.165, 1.54) is 0 Å². The van der Waals surface area contributed by atoms with Gasteiger partial charge < -0.3 is 10.4 Å². The van der Waals surface area contributed by atoms with Crippen LogP contribution < -0.4 is 5.32 Å². The second kappa shape index (κ2) is 6.74. The molecule has 3 nitrogen and oxygen atoms in total. The van der Waals surface area contributed by atoms with Crippen LogP contribution >= 0.6 is 0 Å². The second-order valence-electron chi connectivity index (χ2n) is 4.79. The number of aryl methyl sites for hydroxylation is 2. The molecule has 2 rings (SSSR count). The van der Waals surface area contributed by atoms with E-state index in [-0.39, 0.29) is 12.5 Å². The summed E-state index contributed by atoms with van der Waals surface area (Å²) in [5.41, 5.74) is 4.31. The molecule has 0 aliphatic rings. The molecule has 0 saturated carbocycles. The van der Waals surface area contributed by atoms with Crippen molar-refractivity contribution in [2.45, 2.75) is 13.8 Å². The summed E-state index contributed by atoms with van der Waals surface area (Å²) in [4.78, 5) is 12.2. The Morgan fingerprint density at radius 1 is 1.14 bits per heavy atom. The molecule has 0 spiro atoms. The van der Waals surface area contributed by atoms with Gasteiger partial charge in [-0.3, -0.25) is 4.79 Å². The number of rotatable bonds is 2. The first-order valence-electron chi connectivity index (χ1n) is 6.68. The highest BCUT2D eigenvalue weighted by Gasteiger charge is 2.07. The molecule has 2 aromatic rings. The zero-order valence-electron chi connectivity index (χ0n) is 12.1. The van der Waals surface area contributed by atoms with E-state index in [4.69, 9.17) is 5.11 Å². The minimum atomic E-state index is -0.181. The molecule has 0 unspecified atom stereocenters. The normalized spacial score (nSPS) is 9.67. The molecule has 0 aliphatic heterocycles. The minimum absolute atomic E-state index is 0.148. The van der Waals surface area contributed by atoms with Crippen LogP contribution in [0.5, 0.6) is 0 Å². The quantitative estimate of drug-likeness (QED) is 0.830. The summed E-state index contributed by atoms with van der Waals surface area (Å²) in [6.07, 6.45) is 0. The van der Waals surface area contributed by atoms with Crippen LogP contribution in [-0.2, 0) is 0 Å². The fraction of sp³-hybridized carbons (Fsp3) is 0.167. The first-order valence-corrected chi connectivity index (χ1v) is 6.68. The predicted octanol–water partition coefficient (Wildman–Crippen LogP) is 2.90. The molecule has 106 valence electrons. The monoisotopic (exact) mass is 279 g/mol. The number of amides is 1. The van der Waals surface area contributed by atoms with E-state index in [1.807, 2.05) is 50.2 Å². The van der Waals surface area contributed by atoms with Crippen LogP contribution in [0.15, 0.2) is 42.5 Å². The number of carbonyl (C=O) groups excluding carboxylic acids is 1. The number of aliphatic hydroxyl groups is 1. The number of nitrogens with one attached hydrogen (secondary N) is 1. The van der Waals surface area contributed by atoms with Gasteiger partial charge >= 0.3 is 0 Å². The van der Waals surface area contributed by atoms with E-state index in [2.05, 4.69) is 17.2 Å². The molecule has 0 bridgehead atoms. The van der Waals surface area contributed by atoms with E-state index in [9.17, 15) is 4.79 Å². The molecule has 0 saturated heterocycles. The molecule has 3 heteroatoms. The van der Waals surface area contributed by atoms with Gasteiger partial charge in [0.15, 0.2) is 0 Å². The Labute approximate surface area is 124 Å². The summed E-state index contributed by atoms with van der Waals surface area (Å²) in [6, 6.07) is 12.9. The molecule has 0 radical (unpaired) electrons. The molecule has 21 heavy (non-hydrogen) atoms. The fourth-order valence-corrected chi connectivity index (χ4v) is 1.90. The zero-order chi connectivity index (χ0) is 15.2. The van der Waals surface area contributed by atoms with E-state index in [0.29, 0.717) is 11.3 Å². The summed E-state index contributed by atoms with van der Waals surface area (Å²) in [6.45, 7) is 3.82. The number of benzene rings is 2. The van der Waals surface area contributed by atoms with Crippen LogP contribution in [0.25, 0.3) is 0 Å². The summed E-state index contributed by atoms with van der Waals surface area (Å²) in [7, 11) is 0. The summed E-state index contributed by atoms with van der Waals surface area (Å²) in [5, 5.41) is 11.5. The highest BCUT2D eigenvalue weighted by atomic mass is 16.2. The molecule has 2 aromatic carbocycles. The maximum Gasteiger partial charge on any atom is 0.255 e. The third kappa shape index (κ3) is 3.95. The van der Waals surface area contributed by atoms with Gasteiger partial charge in [-0.05, 0) is 55.3 Å². The minimum Gasteiger partial charge on any atom is -0.384 e. The van der Waals surface area contributed by atoms with Gasteiger partial charge in [0.2, 0.25) is 0 Å². The van der Waals surface area contributed by atoms with Crippen LogP contribution in [-0.4, -0.2) is 17.6 Å². The third-order valence-corrected chi connectivity index (χ3v) is 3.20. The van der Waals surface area contributed by atoms with Crippen molar-refractivity contribution in [2.24, 2.45) is 0 Å². The molecule has 2 N–H and O–H groups in total. The molecule has 0 aliphatic carbocycles. The van der Waals surface area contributed by atoms with Crippen molar-refractivity contribution in [3.63, 3.8) is 0 Å². The van der Waals surface area contributed by atoms with Crippen LogP contribution in [0.4, 0.5) is 5.69 Å².